The van der Waals surface area contributed by atoms with E-state index in [2.05, 4.69) is 80.6 Å². The zero-order valence-corrected chi connectivity index (χ0v) is 20.7. The first-order valence-corrected chi connectivity index (χ1v) is 12.6. The summed E-state index contributed by atoms with van der Waals surface area (Å²) in [7, 11) is 0. The van der Waals surface area contributed by atoms with E-state index in [-0.39, 0.29) is 11.1 Å². The molecule has 0 aromatic heterocycles. The highest BCUT2D eigenvalue weighted by atomic mass is 15.1. The van der Waals surface area contributed by atoms with E-state index < -0.39 is 0 Å². The van der Waals surface area contributed by atoms with Crippen LogP contribution in [-0.2, 0) is 6.54 Å². The fourth-order valence-corrected chi connectivity index (χ4v) is 4.43. The maximum absolute atomic E-state index is 6.69. The number of nitrogens with one attached hydrogen (secondary N) is 8. The normalized spacial score (nSPS) is 28.8. The van der Waals surface area contributed by atoms with Gasteiger partial charge in [-0.05, 0) is 31.5 Å². The van der Waals surface area contributed by atoms with E-state index in [0.29, 0.717) is 6.04 Å². The van der Waals surface area contributed by atoms with Crippen molar-refractivity contribution in [3.8, 4) is 0 Å². The summed E-state index contributed by atoms with van der Waals surface area (Å²) in [5, 5.41) is 29.1. The summed E-state index contributed by atoms with van der Waals surface area (Å²) >= 11 is 0. The van der Waals surface area contributed by atoms with Gasteiger partial charge in [-0.25, -0.2) is 0 Å². The van der Waals surface area contributed by atoms with E-state index >= 15 is 0 Å². The van der Waals surface area contributed by atoms with Gasteiger partial charge in [-0.3, -0.25) is 0 Å². The Hall–Kier alpha value is -1.30. The lowest BCUT2D eigenvalue weighted by Gasteiger charge is -2.37. The van der Waals surface area contributed by atoms with Gasteiger partial charge in [-0.15, -0.1) is 0 Å². The molecule has 0 unspecified atom stereocenters. The number of nitrogens with two attached hydrogens (primary N) is 1. The maximum Gasteiger partial charge on any atom is 0.0561 e. The van der Waals surface area contributed by atoms with Gasteiger partial charge in [0, 0.05) is 96.8 Å². The zero-order valence-electron chi connectivity index (χ0n) is 20.7. The minimum Gasteiger partial charge on any atom is -0.383 e. The molecular formula is C24H47N9. The monoisotopic (exact) mass is 461 g/mol. The molecule has 3 saturated heterocycles. The van der Waals surface area contributed by atoms with E-state index in [1.807, 2.05) is 0 Å². The van der Waals surface area contributed by atoms with Gasteiger partial charge in [0.05, 0.1) is 11.1 Å². The van der Waals surface area contributed by atoms with Crippen LogP contribution in [0.15, 0.2) is 24.3 Å². The molecule has 0 aliphatic carbocycles. The molecule has 0 atom stereocenters. The lowest BCUT2D eigenvalue weighted by molar-refractivity contribution is 0.269. The summed E-state index contributed by atoms with van der Waals surface area (Å²) < 4.78 is 0. The zero-order chi connectivity index (χ0) is 23.4. The number of hydrogen-bond acceptors (Lipinski definition) is 9. The first-order chi connectivity index (χ1) is 16.0. The average Bonchev–Trinajstić information content (AvgIpc) is 2.79. The fraction of sp³-hybridized carbons (Fsp3) is 0.750. The van der Waals surface area contributed by atoms with Gasteiger partial charge in [0.25, 0.3) is 0 Å². The molecule has 2 bridgehead atoms. The molecule has 10 N–H and O–H groups in total. The van der Waals surface area contributed by atoms with Crippen LogP contribution in [0.5, 0.6) is 0 Å². The van der Waals surface area contributed by atoms with Crippen molar-refractivity contribution in [3.05, 3.63) is 29.8 Å². The Bertz CT molecular complexity index is 621. The quantitative estimate of drug-likeness (QED) is 0.261. The van der Waals surface area contributed by atoms with Crippen LogP contribution in [0.25, 0.3) is 0 Å². The van der Waals surface area contributed by atoms with Crippen molar-refractivity contribution in [1.82, 2.24) is 37.2 Å². The molecule has 3 aliphatic rings. The lowest BCUT2D eigenvalue weighted by atomic mass is 9.97. The summed E-state index contributed by atoms with van der Waals surface area (Å²) in [5.74, 6) is 0. The Morgan fingerprint density at radius 2 is 1.15 bits per heavy atom. The van der Waals surface area contributed by atoms with Gasteiger partial charge in [-0.2, -0.15) is 0 Å². The molecule has 9 nitrogen and oxygen atoms in total. The van der Waals surface area contributed by atoms with Gasteiger partial charge in [0.2, 0.25) is 0 Å². The molecule has 188 valence electrons. The number of anilines is 1. The molecule has 4 rings (SSSR count). The highest BCUT2D eigenvalue weighted by molar-refractivity contribution is 5.45. The molecule has 1 aromatic carbocycles. The van der Waals surface area contributed by atoms with Gasteiger partial charge >= 0.3 is 0 Å². The molecule has 33 heavy (non-hydrogen) atoms. The van der Waals surface area contributed by atoms with Crippen LogP contribution < -0.4 is 48.3 Å². The van der Waals surface area contributed by atoms with Crippen molar-refractivity contribution in [1.29, 1.82) is 0 Å². The van der Waals surface area contributed by atoms with Crippen LogP contribution >= 0.6 is 0 Å². The van der Waals surface area contributed by atoms with Gasteiger partial charge < -0.3 is 48.3 Å². The third-order valence-electron chi connectivity index (χ3n) is 6.33. The highest BCUT2D eigenvalue weighted by Crippen LogP contribution is 2.12. The summed E-state index contributed by atoms with van der Waals surface area (Å²) in [4.78, 5) is 0. The molecule has 3 heterocycles. The second-order valence-electron chi connectivity index (χ2n) is 10.1. The van der Waals surface area contributed by atoms with E-state index in [9.17, 15) is 0 Å². The SMILES string of the molecule is CC(C)Nc1ccc(CNC23CNCCNCC(N)(CNCCNC2)CNCCNC3)cc1. The first-order valence-electron chi connectivity index (χ1n) is 12.6. The second kappa shape index (κ2) is 13.6. The Balaban J connectivity index is 1.67. The summed E-state index contributed by atoms with van der Waals surface area (Å²) in [6, 6.07) is 9.21. The highest BCUT2D eigenvalue weighted by Gasteiger charge is 2.30. The van der Waals surface area contributed by atoms with Gasteiger partial charge in [0.15, 0.2) is 0 Å². The minimum atomic E-state index is -0.292. The van der Waals surface area contributed by atoms with E-state index in [4.69, 9.17) is 5.73 Å². The predicted octanol–water partition coefficient (Wildman–Crippen LogP) is -1.40. The summed E-state index contributed by atoms with van der Waals surface area (Å²) in [5.41, 5.74) is 8.76. The predicted molar refractivity (Wildman–Crippen MR) is 139 cm³/mol. The summed E-state index contributed by atoms with van der Waals surface area (Å²) in [6.07, 6.45) is 0. The number of benzene rings is 1. The lowest BCUT2D eigenvalue weighted by Crippen LogP contribution is -2.66. The standard InChI is InChI=1S/C24H47N9/c1-20(2)33-22-5-3-21(4-6-22)13-32-24-17-29-10-7-26-14-23(25,15-27-8-11-30-18-24)16-28-9-12-31-19-24/h3-6,20,26-33H,7-19,25H2,1-2H3. The minimum absolute atomic E-state index is 0.0965. The van der Waals surface area contributed by atoms with E-state index in [1.165, 1.54) is 11.3 Å². The first kappa shape index (κ1) is 26.3. The van der Waals surface area contributed by atoms with Crippen LogP contribution in [0.2, 0.25) is 0 Å². The largest absolute Gasteiger partial charge is 0.383 e. The average molecular weight is 462 g/mol. The van der Waals surface area contributed by atoms with Crippen molar-refractivity contribution < 1.29 is 0 Å². The third-order valence-corrected chi connectivity index (χ3v) is 6.33. The maximum atomic E-state index is 6.69. The molecule has 0 saturated carbocycles. The van der Waals surface area contributed by atoms with Gasteiger partial charge in [0.1, 0.15) is 0 Å². The van der Waals surface area contributed by atoms with E-state index in [0.717, 1.165) is 85.1 Å². The molecule has 0 spiro atoms. The Morgan fingerprint density at radius 1 is 0.727 bits per heavy atom. The van der Waals surface area contributed by atoms with Gasteiger partial charge in [-0.1, -0.05) is 12.1 Å². The number of fused-ring (bicyclic) bond motifs is 15. The van der Waals surface area contributed by atoms with Crippen LogP contribution in [-0.4, -0.2) is 95.7 Å². The van der Waals surface area contributed by atoms with Crippen LogP contribution in [0.1, 0.15) is 19.4 Å². The topological polar surface area (TPSA) is 122 Å². The van der Waals surface area contributed by atoms with Crippen molar-refractivity contribution in [2.75, 3.05) is 83.9 Å². The Labute approximate surface area is 200 Å². The molecular weight excluding hydrogens is 414 g/mol. The van der Waals surface area contributed by atoms with Crippen LogP contribution in [0.3, 0.4) is 0 Å². The number of hydrogen-bond donors (Lipinski definition) is 9. The summed E-state index contributed by atoms with van der Waals surface area (Å²) in [6.45, 7) is 15.6. The molecule has 3 aliphatic heterocycles. The Kier molecular flexibility index (Phi) is 10.8. The van der Waals surface area contributed by atoms with Crippen LogP contribution in [0.4, 0.5) is 5.69 Å². The van der Waals surface area contributed by atoms with E-state index in [1.54, 1.807) is 0 Å². The van der Waals surface area contributed by atoms with Crippen molar-refractivity contribution in [3.63, 3.8) is 0 Å². The molecule has 9 heteroatoms. The van der Waals surface area contributed by atoms with Crippen molar-refractivity contribution in [2.45, 2.75) is 37.5 Å². The smallest absolute Gasteiger partial charge is 0.0561 e. The molecule has 1 aromatic rings. The molecule has 3 fully saturated rings. The molecule has 0 radical (unpaired) electrons. The van der Waals surface area contributed by atoms with Crippen LogP contribution in [0, 0.1) is 0 Å². The van der Waals surface area contributed by atoms with Crippen molar-refractivity contribution in [2.24, 2.45) is 5.73 Å². The fourth-order valence-electron chi connectivity index (χ4n) is 4.43. The third kappa shape index (κ3) is 9.46. The number of rotatable bonds is 5. The second-order valence-corrected chi connectivity index (χ2v) is 10.1. The Morgan fingerprint density at radius 3 is 1.58 bits per heavy atom. The van der Waals surface area contributed by atoms with Crippen molar-refractivity contribution >= 4 is 5.69 Å². The molecule has 0 amide bonds.